The van der Waals surface area contributed by atoms with Gasteiger partial charge in [0, 0.05) is 18.6 Å². The van der Waals surface area contributed by atoms with Gasteiger partial charge in [-0.15, -0.1) is 0 Å². The Kier molecular flexibility index (Phi) is 6.01. The minimum atomic E-state index is -0.206. The zero-order chi connectivity index (χ0) is 14.7. The van der Waals surface area contributed by atoms with Crippen LogP contribution in [0.1, 0.15) is 17.2 Å². The van der Waals surface area contributed by atoms with E-state index in [1.165, 1.54) is 15.2 Å². The number of hydrogen-bond acceptors (Lipinski definition) is 1. The molecule has 0 aliphatic carbocycles. The number of nitrogens with one attached hydrogen (secondary N) is 1. The Labute approximate surface area is 148 Å². The third-order valence-electron chi connectivity index (χ3n) is 3.11. The van der Waals surface area contributed by atoms with Gasteiger partial charge in [-0.3, -0.25) is 0 Å². The molecule has 2 aromatic rings. The van der Waals surface area contributed by atoms with Gasteiger partial charge in [0.05, 0.1) is 0 Å². The standard InChI is InChI=1S/C15H13Br2FIN/c1-20-15(12-8-10(16)2-5-14(12)19)7-9-6-11(18)3-4-13(9)17/h2-6,8,15,20H,7H2,1H3. The first-order chi connectivity index (χ1) is 9.51. The van der Waals surface area contributed by atoms with Crippen LogP contribution < -0.4 is 5.32 Å². The van der Waals surface area contributed by atoms with Crippen molar-refractivity contribution in [1.82, 2.24) is 5.32 Å². The second kappa shape index (κ2) is 7.33. The van der Waals surface area contributed by atoms with E-state index in [0.717, 1.165) is 20.9 Å². The molecule has 2 rings (SSSR count). The minimum Gasteiger partial charge on any atom is -0.313 e. The molecule has 0 amide bonds. The van der Waals surface area contributed by atoms with E-state index in [0.29, 0.717) is 0 Å². The van der Waals surface area contributed by atoms with Crippen molar-refractivity contribution in [3.05, 3.63) is 65.9 Å². The summed E-state index contributed by atoms with van der Waals surface area (Å²) in [6.45, 7) is 0. The number of hydrogen-bond donors (Lipinski definition) is 1. The highest BCUT2D eigenvalue weighted by Crippen LogP contribution is 2.29. The largest absolute Gasteiger partial charge is 0.313 e. The molecule has 1 atom stereocenters. The summed E-state index contributed by atoms with van der Waals surface area (Å²) < 4.78 is 16.6. The maximum Gasteiger partial charge on any atom is 0.123 e. The smallest absolute Gasteiger partial charge is 0.123 e. The molecular formula is C15H13Br2FIN. The van der Waals surface area contributed by atoms with Gasteiger partial charge in [0.15, 0.2) is 0 Å². The van der Waals surface area contributed by atoms with Crippen molar-refractivity contribution in [3.63, 3.8) is 0 Å². The van der Waals surface area contributed by atoms with Gasteiger partial charge in [-0.05, 0) is 83.6 Å². The van der Waals surface area contributed by atoms with E-state index in [1.54, 1.807) is 12.1 Å². The molecule has 106 valence electrons. The average molecular weight is 513 g/mol. The van der Waals surface area contributed by atoms with Crippen LogP contribution in [0.3, 0.4) is 0 Å². The zero-order valence-corrected chi connectivity index (χ0v) is 16.1. The third kappa shape index (κ3) is 4.02. The fourth-order valence-corrected chi connectivity index (χ4v) is 3.57. The van der Waals surface area contributed by atoms with Gasteiger partial charge in [0.2, 0.25) is 0 Å². The van der Waals surface area contributed by atoms with Crippen molar-refractivity contribution in [3.8, 4) is 0 Å². The van der Waals surface area contributed by atoms with E-state index in [4.69, 9.17) is 0 Å². The fourth-order valence-electron chi connectivity index (χ4n) is 2.07. The Morgan fingerprint density at radius 1 is 1.20 bits per heavy atom. The molecule has 0 aliphatic rings. The quantitative estimate of drug-likeness (QED) is 0.537. The highest BCUT2D eigenvalue weighted by molar-refractivity contribution is 14.1. The maximum atomic E-state index is 13.4. The summed E-state index contributed by atoms with van der Waals surface area (Å²) >= 11 is 9.32. The molecule has 0 saturated heterocycles. The number of likely N-dealkylation sites (N-methyl/N-ethyl adjacent to an activating group) is 1. The summed E-state index contributed by atoms with van der Waals surface area (Å²) in [6, 6.07) is 11.1. The van der Waals surface area contributed by atoms with Gasteiger partial charge in [-0.2, -0.15) is 0 Å². The second-order valence-electron chi connectivity index (χ2n) is 4.45. The van der Waals surface area contributed by atoms with Crippen LogP contribution in [0.2, 0.25) is 0 Å². The molecule has 20 heavy (non-hydrogen) atoms. The van der Waals surface area contributed by atoms with Gasteiger partial charge in [-0.25, -0.2) is 4.39 Å². The van der Waals surface area contributed by atoms with Crippen molar-refractivity contribution in [1.29, 1.82) is 0 Å². The SMILES string of the molecule is CNC(Cc1cc(F)ccc1Br)c1cc(Br)ccc1I. The van der Waals surface area contributed by atoms with Gasteiger partial charge < -0.3 is 5.32 Å². The van der Waals surface area contributed by atoms with Crippen LogP contribution in [0.25, 0.3) is 0 Å². The Balaban J connectivity index is 2.33. The highest BCUT2D eigenvalue weighted by Gasteiger charge is 2.15. The molecule has 0 fully saturated rings. The van der Waals surface area contributed by atoms with Gasteiger partial charge in [0.25, 0.3) is 0 Å². The van der Waals surface area contributed by atoms with Gasteiger partial charge >= 0.3 is 0 Å². The first kappa shape index (κ1) is 16.4. The van der Waals surface area contributed by atoms with E-state index in [1.807, 2.05) is 13.1 Å². The van der Waals surface area contributed by atoms with Crippen molar-refractivity contribution in [2.45, 2.75) is 12.5 Å². The minimum absolute atomic E-state index is 0.137. The molecule has 0 heterocycles. The highest BCUT2D eigenvalue weighted by atomic mass is 127. The summed E-state index contributed by atoms with van der Waals surface area (Å²) in [7, 11) is 1.93. The molecular weight excluding hydrogens is 500 g/mol. The monoisotopic (exact) mass is 511 g/mol. The molecule has 5 heteroatoms. The number of halogens is 4. The number of benzene rings is 2. The lowest BCUT2D eigenvalue weighted by molar-refractivity contribution is 0.580. The Morgan fingerprint density at radius 2 is 1.95 bits per heavy atom. The van der Waals surface area contributed by atoms with E-state index in [2.05, 4.69) is 71.9 Å². The maximum absolute atomic E-state index is 13.4. The van der Waals surface area contributed by atoms with Gasteiger partial charge in [0.1, 0.15) is 5.82 Å². The Morgan fingerprint density at radius 3 is 2.65 bits per heavy atom. The van der Waals surface area contributed by atoms with Crippen LogP contribution in [-0.2, 0) is 6.42 Å². The van der Waals surface area contributed by atoms with Crippen molar-refractivity contribution in [2.24, 2.45) is 0 Å². The normalized spacial score (nSPS) is 12.4. The van der Waals surface area contributed by atoms with Crippen molar-refractivity contribution in [2.75, 3.05) is 7.05 Å². The van der Waals surface area contributed by atoms with Gasteiger partial charge in [-0.1, -0.05) is 31.9 Å². The van der Waals surface area contributed by atoms with Crippen molar-refractivity contribution < 1.29 is 4.39 Å². The lowest BCUT2D eigenvalue weighted by Gasteiger charge is -2.19. The van der Waals surface area contributed by atoms with E-state index in [9.17, 15) is 4.39 Å². The van der Waals surface area contributed by atoms with Crippen LogP contribution in [0.15, 0.2) is 45.3 Å². The Bertz CT molecular complexity index is 619. The van der Waals surface area contributed by atoms with Crippen LogP contribution in [0.5, 0.6) is 0 Å². The third-order valence-corrected chi connectivity index (χ3v) is 5.36. The lowest BCUT2D eigenvalue weighted by Crippen LogP contribution is -2.20. The molecule has 0 spiro atoms. The molecule has 0 aromatic heterocycles. The molecule has 1 N–H and O–H groups in total. The predicted octanol–water partition coefficient (Wildman–Crippen LogP) is 5.46. The van der Waals surface area contributed by atoms with E-state index < -0.39 is 0 Å². The summed E-state index contributed by atoms with van der Waals surface area (Å²) in [5.41, 5.74) is 2.17. The summed E-state index contributed by atoms with van der Waals surface area (Å²) in [4.78, 5) is 0. The summed E-state index contributed by atoms with van der Waals surface area (Å²) in [5, 5.41) is 3.31. The van der Waals surface area contributed by atoms with Crippen LogP contribution in [0, 0.1) is 9.39 Å². The van der Waals surface area contributed by atoms with Crippen LogP contribution in [-0.4, -0.2) is 7.05 Å². The number of rotatable bonds is 4. The molecule has 0 radical (unpaired) electrons. The Hall–Kier alpha value is 0.0200. The topological polar surface area (TPSA) is 12.0 Å². The lowest BCUT2D eigenvalue weighted by atomic mass is 9.99. The fraction of sp³-hybridized carbons (Fsp3) is 0.200. The van der Waals surface area contributed by atoms with E-state index in [-0.39, 0.29) is 11.9 Å². The van der Waals surface area contributed by atoms with E-state index >= 15 is 0 Å². The van der Waals surface area contributed by atoms with Crippen LogP contribution in [0.4, 0.5) is 4.39 Å². The molecule has 1 nitrogen and oxygen atoms in total. The summed E-state index contributed by atoms with van der Waals surface area (Å²) in [6.07, 6.45) is 0.724. The second-order valence-corrected chi connectivity index (χ2v) is 7.38. The molecule has 1 unspecified atom stereocenters. The average Bonchev–Trinajstić information content (AvgIpc) is 2.42. The molecule has 0 aliphatic heterocycles. The molecule has 2 aromatic carbocycles. The first-order valence-corrected chi connectivity index (χ1v) is 8.74. The van der Waals surface area contributed by atoms with Crippen molar-refractivity contribution >= 4 is 54.5 Å². The predicted molar refractivity (Wildman–Crippen MR) is 96.5 cm³/mol. The first-order valence-electron chi connectivity index (χ1n) is 6.07. The zero-order valence-electron chi connectivity index (χ0n) is 10.8. The molecule has 0 saturated carbocycles. The summed E-state index contributed by atoms with van der Waals surface area (Å²) in [5.74, 6) is -0.206. The van der Waals surface area contributed by atoms with Crippen LogP contribution >= 0.6 is 54.5 Å². The molecule has 0 bridgehead atoms.